The SMILES string of the molecule is CC1Cc2cc(NC(=NC3CCCCN(CC(=O)N4CCCC4)C3=O)NC(=O)c3cnc4ccccc4n3)ccc2O1. The topological polar surface area (TPSA) is 129 Å². The molecule has 0 spiro atoms. The first-order valence-electron chi connectivity index (χ1n) is 14.7. The highest BCUT2D eigenvalue weighted by Crippen LogP contribution is 2.31. The van der Waals surface area contributed by atoms with E-state index >= 15 is 0 Å². The minimum atomic E-state index is -0.748. The zero-order chi connectivity index (χ0) is 29.1. The highest BCUT2D eigenvalue weighted by Gasteiger charge is 2.31. The Kier molecular flexibility index (Phi) is 7.98. The second kappa shape index (κ2) is 12.1. The Morgan fingerprint density at radius 1 is 1.05 bits per heavy atom. The first-order valence-corrected chi connectivity index (χ1v) is 14.7. The van der Waals surface area contributed by atoms with Gasteiger partial charge in [-0.15, -0.1) is 0 Å². The number of aromatic nitrogens is 2. The lowest BCUT2D eigenvalue weighted by atomic mass is 10.1. The lowest BCUT2D eigenvalue weighted by Crippen LogP contribution is -2.45. The summed E-state index contributed by atoms with van der Waals surface area (Å²) in [5.74, 6) is 0.226. The van der Waals surface area contributed by atoms with Crippen LogP contribution in [0.25, 0.3) is 11.0 Å². The first kappa shape index (κ1) is 27.6. The third-order valence-electron chi connectivity index (χ3n) is 7.89. The number of fused-ring (bicyclic) bond motifs is 2. The molecule has 3 aliphatic rings. The van der Waals surface area contributed by atoms with E-state index < -0.39 is 11.9 Å². The van der Waals surface area contributed by atoms with Gasteiger partial charge >= 0.3 is 0 Å². The monoisotopic (exact) mass is 569 g/mol. The molecule has 42 heavy (non-hydrogen) atoms. The van der Waals surface area contributed by atoms with Gasteiger partial charge < -0.3 is 19.9 Å². The van der Waals surface area contributed by atoms with Gasteiger partial charge in [0.25, 0.3) is 5.91 Å². The number of anilines is 1. The van der Waals surface area contributed by atoms with Crippen molar-refractivity contribution in [2.24, 2.45) is 4.99 Å². The molecule has 2 saturated heterocycles. The van der Waals surface area contributed by atoms with Gasteiger partial charge in [0.15, 0.2) is 0 Å². The number of hydrogen-bond donors (Lipinski definition) is 2. The van der Waals surface area contributed by atoms with Crippen molar-refractivity contribution in [3.63, 3.8) is 0 Å². The van der Waals surface area contributed by atoms with Crippen molar-refractivity contribution in [3.05, 3.63) is 59.9 Å². The normalized spacial score (nSPS) is 20.7. The quantitative estimate of drug-likeness (QED) is 0.357. The van der Waals surface area contributed by atoms with Crippen molar-refractivity contribution in [2.45, 2.75) is 57.6 Å². The molecule has 3 aromatic rings. The molecule has 11 nitrogen and oxygen atoms in total. The average Bonchev–Trinajstić information content (AvgIpc) is 3.63. The number of aliphatic imine (C=N–C) groups is 1. The van der Waals surface area contributed by atoms with E-state index in [2.05, 4.69) is 20.6 Å². The lowest BCUT2D eigenvalue weighted by Gasteiger charge is -2.25. The van der Waals surface area contributed by atoms with Crippen molar-refractivity contribution in [2.75, 3.05) is 31.5 Å². The molecule has 0 bridgehead atoms. The predicted molar refractivity (Wildman–Crippen MR) is 158 cm³/mol. The van der Waals surface area contributed by atoms with Gasteiger partial charge in [0, 0.05) is 31.7 Å². The second-order valence-electron chi connectivity index (χ2n) is 11.1. The molecule has 2 unspecified atom stereocenters. The Morgan fingerprint density at radius 2 is 1.83 bits per heavy atom. The van der Waals surface area contributed by atoms with Crippen LogP contribution in [0, 0.1) is 0 Å². The van der Waals surface area contributed by atoms with Gasteiger partial charge in [-0.05, 0) is 74.9 Å². The fraction of sp³-hybridized carbons (Fsp3) is 0.419. The maximum absolute atomic E-state index is 13.6. The average molecular weight is 570 g/mol. The Morgan fingerprint density at radius 3 is 2.67 bits per heavy atom. The molecule has 2 N–H and O–H groups in total. The summed E-state index contributed by atoms with van der Waals surface area (Å²) in [6.45, 7) is 4.06. The number of nitrogens with one attached hydrogen (secondary N) is 2. The predicted octanol–water partition coefficient (Wildman–Crippen LogP) is 3.15. The minimum absolute atomic E-state index is 0.0263. The molecule has 2 atom stereocenters. The van der Waals surface area contributed by atoms with Crippen LogP contribution in [-0.2, 0) is 16.0 Å². The third kappa shape index (κ3) is 6.19. The van der Waals surface area contributed by atoms with Crippen LogP contribution in [0.15, 0.2) is 53.7 Å². The Balaban J connectivity index is 1.26. The third-order valence-corrected chi connectivity index (χ3v) is 7.89. The number of carbonyl (C=O) groups excluding carboxylic acids is 3. The van der Waals surface area contributed by atoms with Crippen LogP contribution in [-0.4, -0.2) is 81.8 Å². The van der Waals surface area contributed by atoms with Crippen LogP contribution in [0.3, 0.4) is 0 Å². The van der Waals surface area contributed by atoms with Crippen molar-refractivity contribution in [1.82, 2.24) is 25.1 Å². The molecule has 11 heteroatoms. The van der Waals surface area contributed by atoms with E-state index in [1.54, 1.807) is 11.0 Å². The number of guanidine groups is 1. The number of benzene rings is 2. The largest absolute Gasteiger partial charge is 0.490 e. The van der Waals surface area contributed by atoms with Crippen LogP contribution in [0.2, 0.25) is 0 Å². The maximum Gasteiger partial charge on any atom is 0.278 e. The van der Waals surface area contributed by atoms with Gasteiger partial charge in [-0.25, -0.2) is 9.98 Å². The summed E-state index contributed by atoms with van der Waals surface area (Å²) in [5.41, 5.74) is 3.17. The second-order valence-corrected chi connectivity index (χ2v) is 11.1. The number of carbonyl (C=O) groups is 3. The number of para-hydroxylation sites is 2. The number of rotatable bonds is 5. The standard InChI is InChI=1S/C31H35N7O4/c1-20-16-21-17-22(11-12-27(21)42-20)33-31(36-29(40)26-18-32-23-8-2-3-9-24(23)34-26)35-25-10-4-5-15-38(30(25)41)19-28(39)37-13-6-7-14-37/h2-3,8-9,11-12,17-18,20,25H,4-7,10,13-16,19H2,1H3,(H2,33,35,36,40). The van der Waals surface area contributed by atoms with Crippen molar-refractivity contribution >= 4 is 40.4 Å². The summed E-state index contributed by atoms with van der Waals surface area (Å²) >= 11 is 0. The smallest absolute Gasteiger partial charge is 0.278 e. The molecule has 1 aromatic heterocycles. The summed E-state index contributed by atoms with van der Waals surface area (Å²) in [7, 11) is 0. The number of ether oxygens (including phenoxy) is 1. The summed E-state index contributed by atoms with van der Waals surface area (Å²) in [6.07, 6.45) is 6.36. The van der Waals surface area contributed by atoms with Crippen molar-refractivity contribution < 1.29 is 19.1 Å². The zero-order valence-electron chi connectivity index (χ0n) is 23.7. The van der Waals surface area contributed by atoms with E-state index in [0.717, 1.165) is 56.5 Å². The highest BCUT2D eigenvalue weighted by molar-refractivity contribution is 6.10. The van der Waals surface area contributed by atoms with E-state index in [0.29, 0.717) is 29.7 Å². The van der Waals surface area contributed by atoms with E-state index in [9.17, 15) is 14.4 Å². The van der Waals surface area contributed by atoms with Gasteiger partial charge in [-0.3, -0.25) is 24.7 Å². The molecular formula is C31H35N7O4. The van der Waals surface area contributed by atoms with Gasteiger partial charge in [0.2, 0.25) is 17.8 Å². The number of hydrogen-bond acceptors (Lipinski definition) is 7. The maximum atomic E-state index is 13.6. The fourth-order valence-corrected chi connectivity index (χ4v) is 5.72. The Bertz CT molecular complexity index is 1530. The molecule has 0 saturated carbocycles. The van der Waals surface area contributed by atoms with E-state index in [4.69, 9.17) is 9.73 Å². The molecule has 6 rings (SSSR count). The Labute approximate surface area is 244 Å². The minimum Gasteiger partial charge on any atom is -0.490 e. The van der Waals surface area contributed by atoms with Crippen LogP contribution < -0.4 is 15.4 Å². The molecule has 2 fully saturated rings. The molecule has 3 aliphatic heterocycles. The summed E-state index contributed by atoms with van der Waals surface area (Å²) in [4.78, 5) is 56.9. The zero-order valence-corrected chi connectivity index (χ0v) is 23.7. The van der Waals surface area contributed by atoms with Gasteiger partial charge in [0.05, 0.1) is 23.8 Å². The molecule has 0 radical (unpaired) electrons. The number of nitrogens with zero attached hydrogens (tertiary/aromatic N) is 5. The number of amides is 3. The summed E-state index contributed by atoms with van der Waals surface area (Å²) in [6, 6.07) is 12.3. The van der Waals surface area contributed by atoms with E-state index in [-0.39, 0.29) is 36.1 Å². The number of likely N-dealkylation sites (tertiary alicyclic amines) is 2. The molecule has 0 aliphatic carbocycles. The van der Waals surface area contributed by atoms with Crippen LogP contribution in [0.4, 0.5) is 5.69 Å². The van der Waals surface area contributed by atoms with Gasteiger partial charge in [-0.1, -0.05) is 12.1 Å². The first-order chi connectivity index (χ1) is 20.4. The Hall–Kier alpha value is -4.54. The summed E-state index contributed by atoms with van der Waals surface area (Å²) < 4.78 is 5.83. The van der Waals surface area contributed by atoms with Gasteiger partial charge in [-0.2, -0.15) is 0 Å². The van der Waals surface area contributed by atoms with Crippen LogP contribution in [0.5, 0.6) is 5.75 Å². The van der Waals surface area contributed by atoms with Crippen molar-refractivity contribution in [1.29, 1.82) is 0 Å². The summed E-state index contributed by atoms with van der Waals surface area (Å²) in [5, 5.41) is 6.05. The van der Waals surface area contributed by atoms with E-state index in [1.807, 2.05) is 48.2 Å². The van der Waals surface area contributed by atoms with Crippen LogP contribution in [0.1, 0.15) is 55.1 Å². The molecule has 3 amide bonds. The van der Waals surface area contributed by atoms with Gasteiger partial charge in [0.1, 0.15) is 23.6 Å². The highest BCUT2D eigenvalue weighted by atomic mass is 16.5. The molecule has 218 valence electrons. The molecular weight excluding hydrogens is 534 g/mol. The van der Waals surface area contributed by atoms with Crippen LogP contribution >= 0.6 is 0 Å². The van der Waals surface area contributed by atoms with Crippen molar-refractivity contribution in [3.8, 4) is 5.75 Å². The van der Waals surface area contributed by atoms with E-state index in [1.165, 1.54) is 6.20 Å². The lowest BCUT2D eigenvalue weighted by molar-refractivity contribution is -0.140. The molecule has 4 heterocycles. The molecule has 2 aromatic carbocycles. The fourth-order valence-electron chi connectivity index (χ4n) is 5.72.